The van der Waals surface area contributed by atoms with Crippen LogP contribution in [-0.4, -0.2) is 21.2 Å². The van der Waals surface area contributed by atoms with Crippen LogP contribution in [0.3, 0.4) is 0 Å². The summed E-state index contributed by atoms with van der Waals surface area (Å²) in [6, 6.07) is 16.5. The molecule has 5 nitrogen and oxygen atoms in total. The van der Waals surface area contributed by atoms with Gasteiger partial charge in [-0.1, -0.05) is 42.0 Å². The monoisotopic (exact) mass is 473 g/mol. The van der Waals surface area contributed by atoms with Gasteiger partial charge in [0.2, 0.25) is 0 Å². The highest BCUT2D eigenvalue weighted by atomic mass is 19.1. The summed E-state index contributed by atoms with van der Waals surface area (Å²) in [5, 5.41) is 0. The number of anilines is 1. The smallest absolute Gasteiger partial charge is 0.415 e. The second kappa shape index (κ2) is 9.53. The van der Waals surface area contributed by atoms with Crippen molar-refractivity contribution < 1.29 is 13.9 Å². The van der Waals surface area contributed by atoms with Crippen molar-refractivity contribution in [2.45, 2.75) is 60.2 Å². The number of rotatable bonds is 5. The van der Waals surface area contributed by atoms with E-state index in [0.29, 0.717) is 12.2 Å². The van der Waals surface area contributed by atoms with Crippen molar-refractivity contribution in [2.24, 2.45) is 0 Å². The highest BCUT2D eigenvalue weighted by Crippen LogP contribution is 2.34. The first kappa shape index (κ1) is 24.5. The summed E-state index contributed by atoms with van der Waals surface area (Å²) in [5.41, 5.74) is 7.08. The Bertz CT molecular complexity index is 1350. The highest BCUT2D eigenvalue weighted by Gasteiger charge is 2.27. The Morgan fingerprint density at radius 2 is 1.60 bits per heavy atom. The maximum absolute atomic E-state index is 13.6. The van der Waals surface area contributed by atoms with Gasteiger partial charge in [0.05, 0.1) is 23.3 Å². The van der Waals surface area contributed by atoms with Crippen LogP contribution in [0.1, 0.15) is 48.7 Å². The van der Waals surface area contributed by atoms with Crippen molar-refractivity contribution in [1.82, 2.24) is 9.55 Å². The minimum Gasteiger partial charge on any atom is -0.443 e. The third kappa shape index (κ3) is 5.37. The maximum Gasteiger partial charge on any atom is 0.415 e. The molecule has 2 aromatic heterocycles. The maximum atomic E-state index is 13.6. The van der Waals surface area contributed by atoms with E-state index in [4.69, 9.17) is 4.74 Å². The van der Waals surface area contributed by atoms with Crippen LogP contribution in [-0.2, 0) is 17.8 Å². The molecule has 4 rings (SSSR count). The number of hydrogen-bond acceptors (Lipinski definition) is 3. The summed E-state index contributed by atoms with van der Waals surface area (Å²) in [6.07, 6.45) is 1.26. The number of carbonyl (C=O) groups is 1. The summed E-state index contributed by atoms with van der Waals surface area (Å²) < 4.78 is 21.6. The van der Waals surface area contributed by atoms with Gasteiger partial charge in [0, 0.05) is 18.4 Å². The molecule has 0 bridgehead atoms. The second-order valence-electron chi connectivity index (χ2n) is 10.0. The van der Waals surface area contributed by atoms with E-state index in [1.54, 1.807) is 23.2 Å². The Morgan fingerprint density at radius 1 is 0.971 bits per heavy atom. The number of ether oxygens (including phenoxy) is 1. The standard InChI is InChI=1S/C29H32FN3O2/c1-19-7-9-22(10-8-19)17-32-21(3)20(2)26-27(32)25(15-16-31-26)33(28(34)35-29(4,5)6)18-23-11-13-24(30)14-12-23/h7-16H,17-18H2,1-6H3. The van der Waals surface area contributed by atoms with Crippen molar-refractivity contribution in [3.63, 3.8) is 0 Å². The molecule has 0 spiro atoms. The molecule has 0 saturated heterocycles. The normalized spacial score (nSPS) is 11.6. The molecule has 0 saturated carbocycles. The van der Waals surface area contributed by atoms with Crippen molar-refractivity contribution in [3.05, 3.63) is 94.6 Å². The number of pyridine rings is 1. The van der Waals surface area contributed by atoms with Gasteiger partial charge in [0.15, 0.2) is 0 Å². The average Bonchev–Trinajstić information content (AvgIpc) is 3.04. The number of fused-ring (bicyclic) bond motifs is 1. The van der Waals surface area contributed by atoms with Gasteiger partial charge < -0.3 is 9.30 Å². The Balaban J connectivity index is 1.87. The Morgan fingerprint density at radius 3 is 2.23 bits per heavy atom. The number of amides is 1. The summed E-state index contributed by atoms with van der Waals surface area (Å²) in [6.45, 7) is 12.6. The lowest BCUT2D eigenvalue weighted by atomic mass is 10.1. The number of hydrogen-bond donors (Lipinski definition) is 0. The topological polar surface area (TPSA) is 47.4 Å². The van der Waals surface area contributed by atoms with E-state index < -0.39 is 11.7 Å². The summed E-state index contributed by atoms with van der Waals surface area (Å²) in [7, 11) is 0. The van der Waals surface area contributed by atoms with Gasteiger partial charge in [-0.3, -0.25) is 9.88 Å². The quantitative estimate of drug-likeness (QED) is 0.311. The number of nitrogens with zero attached hydrogens (tertiary/aromatic N) is 3. The first-order valence-corrected chi connectivity index (χ1v) is 11.8. The van der Waals surface area contributed by atoms with Crippen LogP contribution in [0.25, 0.3) is 11.0 Å². The summed E-state index contributed by atoms with van der Waals surface area (Å²) >= 11 is 0. The van der Waals surface area contributed by atoms with Gasteiger partial charge in [-0.15, -0.1) is 0 Å². The average molecular weight is 474 g/mol. The van der Waals surface area contributed by atoms with Crippen molar-refractivity contribution in [3.8, 4) is 0 Å². The molecule has 0 aliphatic rings. The number of aromatic nitrogens is 2. The van der Waals surface area contributed by atoms with E-state index in [0.717, 1.165) is 33.4 Å². The van der Waals surface area contributed by atoms with Gasteiger partial charge in [-0.25, -0.2) is 9.18 Å². The molecule has 2 heterocycles. The van der Waals surface area contributed by atoms with Crippen LogP contribution in [0.4, 0.5) is 14.9 Å². The molecule has 1 amide bonds. The molecule has 0 fully saturated rings. The predicted octanol–water partition coefficient (Wildman–Crippen LogP) is 7.09. The molecular weight excluding hydrogens is 441 g/mol. The Hall–Kier alpha value is -3.67. The number of carbonyl (C=O) groups excluding carboxylic acids is 1. The van der Waals surface area contributed by atoms with Crippen molar-refractivity contribution in [2.75, 3.05) is 4.90 Å². The van der Waals surface area contributed by atoms with Gasteiger partial charge in [-0.05, 0) is 76.4 Å². The molecular formula is C29H32FN3O2. The van der Waals surface area contributed by atoms with E-state index in [2.05, 4.69) is 54.6 Å². The van der Waals surface area contributed by atoms with Crippen LogP contribution in [0, 0.1) is 26.6 Å². The van der Waals surface area contributed by atoms with E-state index in [-0.39, 0.29) is 12.4 Å². The van der Waals surface area contributed by atoms with Gasteiger partial charge in [0.1, 0.15) is 11.4 Å². The zero-order chi connectivity index (χ0) is 25.3. The van der Waals surface area contributed by atoms with Crippen LogP contribution in [0.2, 0.25) is 0 Å². The number of benzene rings is 2. The van der Waals surface area contributed by atoms with Crippen LogP contribution in [0.5, 0.6) is 0 Å². The Kier molecular flexibility index (Phi) is 6.66. The third-order valence-electron chi connectivity index (χ3n) is 6.10. The Labute approximate surface area is 206 Å². The minimum atomic E-state index is -0.667. The zero-order valence-corrected chi connectivity index (χ0v) is 21.2. The minimum absolute atomic E-state index is 0.238. The lowest BCUT2D eigenvalue weighted by Crippen LogP contribution is -2.36. The zero-order valence-electron chi connectivity index (χ0n) is 21.2. The summed E-state index contributed by atoms with van der Waals surface area (Å²) in [5.74, 6) is -0.318. The number of halogens is 1. The molecule has 0 N–H and O–H groups in total. The van der Waals surface area contributed by atoms with Gasteiger partial charge >= 0.3 is 6.09 Å². The molecule has 6 heteroatoms. The lowest BCUT2D eigenvalue weighted by molar-refractivity contribution is 0.0578. The SMILES string of the molecule is Cc1ccc(Cn2c(C)c(C)c3nccc(N(Cc4ccc(F)cc4)C(=O)OC(C)(C)C)c32)cc1. The van der Waals surface area contributed by atoms with E-state index >= 15 is 0 Å². The molecule has 4 aromatic rings. The fourth-order valence-electron chi connectivity index (χ4n) is 4.15. The molecule has 2 aromatic carbocycles. The van der Waals surface area contributed by atoms with Crippen LogP contribution < -0.4 is 4.90 Å². The highest BCUT2D eigenvalue weighted by molar-refractivity contribution is 6.00. The molecule has 0 radical (unpaired) electrons. The van der Waals surface area contributed by atoms with E-state index in [1.165, 1.54) is 17.7 Å². The van der Waals surface area contributed by atoms with E-state index in [9.17, 15) is 9.18 Å². The number of aryl methyl sites for hydroxylation is 2. The molecule has 0 atom stereocenters. The van der Waals surface area contributed by atoms with Crippen LogP contribution in [0.15, 0.2) is 60.8 Å². The van der Waals surface area contributed by atoms with Crippen molar-refractivity contribution >= 4 is 22.8 Å². The first-order chi connectivity index (χ1) is 16.5. The molecule has 0 unspecified atom stereocenters. The van der Waals surface area contributed by atoms with Gasteiger partial charge in [0.25, 0.3) is 0 Å². The molecule has 0 aliphatic heterocycles. The van der Waals surface area contributed by atoms with Gasteiger partial charge in [-0.2, -0.15) is 0 Å². The van der Waals surface area contributed by atoms with Crippen molar-refractivity contribution in [1.29, 1.82) is 0 Å². The third-order valence-corrected chi connectivity index (χ3v) is 6.10. The second-order valence-corrected chi connectivity index (χ2v) is 10.0. The fraction of sp³-hybridized carbons (Fsp3) is 0.310. The van der Waals surface area contributed by atoms with E-state index in [1.807, 2.05) is 26.8 Å². The fourth-order valence-corrected chi connectivity index (χ4v) is 4.15. The largest absolute Gasteiger partial charge is 0.443 e. The lowest BCUT2D eigenvalue weighted by Gasteiger charge is -2.28. The summed E-state index contributed by atoms with van der Waals surface area (Å²) in [4.78, 5) is 19.8. The molecule has 0 aliphatic carbocycles. The molecule has 35 heavy (non-hydrogen) atoms. The molecule has 182 valence electrons. The van der Waals surface area contributed by atoms with Crippen LogP contribution >= 0.6 is 0 Å². The first-order valence-electron chi connectivity index (χ1n) is 11.8. The predicted molar refractivity (Wildman–Crippen MR) is 138 cm³/mol.